The van der Waals surface area contributed by atoms with E-state index >= 15 is 0 Å². The molecule has 1 fully saturated rings. The Bertz CT molecular complexity index is 651. The first kappa shape index (κ1) is 15.5. The van der Waals surface area contributed by atoms with Crippen molar-refractivity contribution in [2.45, 2.75) is 19.8 Å². The molecule has 0 aliphatic carbocycles. The third-order valence-electron chi connectivity index (χ3n) is 4.15. The molecule has 23 heavy (non-hydrogen) atoms. The number of hydrogen-bond donors (Lipinski definition) is 0. The lowest BCUT2D eigenvalue weighted by Gasteiger charge is -2.35. The van der Waals surface area contributed by atoms with Crippen LogP contribution >= 0.6 is 0 Å². The normalized spacial score (nSPS) is 14.8. The Morgan fingerprint density at radius 2 is 1.83 bits per heavy atom. The highest BCUT2D eigenvalue weighted by Crippen LogP contribution is 2.15. The number of rotatable bonds is 4. The first-order valence-corrected chi connectivity index (χ1v) is 8.15. The summed E-state index contributed by atoms with van der Waals surface area (Å²) in [7, 11) is 0. The standard InChI is InChI=1S/C18H22N4O/c1-2-18(23)22-12-10-21(11-13-22)17-8-9-19-16(20-17)14-15-6-4-3-5-7-15/h3-9H,2,10-14H2,1H3. The lowest BCUT2D eigenvalue weighted by molar-refractivity contribution is -0.131. The van der Waals surface area contributed by atoms with Gasteiger partial charge in [0.1, 0.15) is 11.6 Å². The van der Waals surface area contributed by atoms with Gasteiger partial charge in [0.15, 0.2) is 0 Å². The second-order valence-electron chi connectivity index (χ2n) is 5.71. The van der Waals surface area contributed by atoms with Crippen LogP contribution in [0.4, 0.5) is 5.82 Å². The topological polar surface area (TPSA) is 49.3 Å². The van der Waals surface area contributed by atoms with Gasteiger partial charge in [-0.3, -0.25) is 4.79 Å². The van der Waals surface area contributed by atoms with E-state index in [9.17, 15) is 4.79 Å². The molecule has 1 aliphatic rings. The monoisotopic (exact) mass is 310 g/mol. The van der Waals surface area contributed by atoms with Gasteiger partial charge in [-0.1, -0.05) is 37.3 Å². The molecule has 0 N–H and O–H groups in total. The van der Waals surface area contributed by atoms with Crippen LogP contribution in [0.3, 0.4) is 0 Å². The molecule has 0 radical (unpaired) electrons. The van der Waals surface area contributed by atoms with E-state index < -0.39 is 0 Å². The van der Waals surface area contributed by atoms with Crippen molar-refractivity contribution < 1.29 is 4.79 Å². The molecule has 0 atom stereocenters. The van der Waals surface area contributed by atoms with E-state index in [-0.39, 0.29) is 5.91 Å². The number of nitrogens with zero attached hydrogens (tertiary/aromatic N) is 4. The van der Waals surface area contributed by atoms with E-state index in [0.717, 1.165) is 44.2 Å². The number of aromatic nitrogens is 2. The second kappa shape index (κ2) is 7.22. The summed E-state index contributed by atoms with van der Waals surface area (Å²) in [5.74, 6) is 2.02. The van der Waals surface area contributed by atoms with E-state index in [1.807, 2.05) is 42.3 Å². The van der Waals surface area contributed by atoms with E-state index in [2.05, 4.69) is 22.0 Å². The Hall–Kier alpha value is -2.43. The fourth-order valence-corrected chi connectivity index (χ4v) is 2.84. The minimum absolute atomic E-state index is 0.233. The molecule has 2 heterocycles. The Morgan fingerprint density at radius 3 is 2.52 bits per heavy atom. The minimum atomic E-state index is 0.233. The molecule has 0 unspecified atom stereocenters. The molecule has 1 aliphatic heterocycles. The second-order valence-corrected chi connectivity index (χ2v) is 5.71. The van der Waals surface area contributed by atoms with E-state index in [4.69, 9.17) is 4.98 Å². The van der Waals surface area contributed by atoms with Crippen molar-refractivity contribution in [2.24, 2.45) is 0 Å². The van der Waals surface area contributed by atoms with E-state index in [1.165, 1.54) is 5.56 Å². The van der Waals surface area contributed by atoms with Crippen LogP contribution < -0.4 is 4.90 Å². The van der Waals surface area contributed by atoms with Gasteiger partial charge in [-0.2, -0.15) is 0 Å². The summed E-state index contributed by atoms with van der Waals surface area (Å²) >= 11 is 0. The SMILES string of the molecule is CCC(=O)N1CCN(c2ccnc(Cc3ccccc3)n2)CC1. The molecule has 1 saturated heterocycles. The molecular formula is C18H22N4O. The third-order valence-corrected chi connectivity index (χ3v) is 4.15. The van der Waals surface area contributed by atoms with Crippen LogP contribution in [-0.4, -0.2) is 47.0 Å². The number of benzene rings is 1. The maximum Gasteiger partial charge on any atom is 0.222 e. The Kier molecular flexibility index (Phi) is 4.86. The van der Waals surface area contributed by atoms with Crippen molar-refractivity contribution in [2.75, 3.05) is 31.1 Å². The highest BCUT2D eigenvalue weighted by atomic mass is 16.2. The Morgan fingerprint density at radius 1 is 1.09 bits per heavy atom. The van der Waals surface area contributed by atoms with Crippen molar-refractivity contribution in [3.63, 3.8) is 0 Å². The van der Waals surface area contributed by atoms with Crippen LogP contribution in [0.25, 0.3) is 0 Å². The van der Waals surface area contributed by atoms with Gasteiger partial charge in [-0.25, -0.2) is 9.97 Å². The smallest absolute Gasteiger partial charge is 0.222 e. The molecule has 0 spiro atoms. The summed E-state index contributed by atoms with van der Waals surface area (Å²) in [5, 5.41) is 0. The predicted octanol–water partition coefficient (Wildman–Crippen LogP) is 2.13. The van der Waals surface area contributed by atoms with E-state index in [1.54, 1.807) is 0 Å². The fraction of sp³-hybridized carbons (Fsp3) is 0.389. The quantitative estimate of drug-likeness (QED) is 0.868. The molecule has 5 heteroatoms. The van der Waals surface area contributed by atoms with Crippen LogP contribution in [0.5, 0.6) is 0 Å². The van der Waals surface area contributed by atoms with Crippen molar-refractivity contribution in [3.8, 4) is 0 Å². The number of carbonyl (C=O) groups is 1. The molecule has 0 saturated carbocycles. The molecule has 2 aromatic rings. The average Bonchev–Trinajstić information content (AvgIpc) is 2.62. The lowest BCUT2D eigenvalue weighted by atomic mass is 10.1. The molecule has 3 rings (SSSR count). The van der Waals surface area contributed by atoms with Gasteiger partial charge in [-0.15, -0.1) is 0 Å². The molecule has 1 amide bonds. The summed E-state index contributed by atoms with van der Waals surface area (Å²) in [6.07, 6.45) is 3.14. The highest BCUT2D eigenvalue weighted by molar-refractivity contribution is 5.76. The van der Waals surface area contributed by atoms with Crippen molar-refractivity contribution in [3.05, 3.63) is 54.0 Å². The van der Waals surface area contributed by atoms with Crippen LogP contribution in [0.1, 0.15) is 24.7 Å². The van der Waals surface area contributed by atoms with Crippen LogP contribution in [0.2, 0.25) is 0 Å². The zero-order valence-corrected chi connectivity index (χ0v) is 13.5. The molecule has 5 nitrogen and oxygen atoms in total. The van der Waals surface area contributed by atoms with Crippen molar-refractivity contribution in [1.29, 1.82) is 0 Å². The Labute approximate surface area is 137 Å². The number of hydrogen-bond acceptors (Lipinski definition) is 4. The minimum Gasteiger partial charge on any atom is -0.353 e. The molecular weight excluding hydrogens is 288 g/mol. The van der Waals surface area contributed by atoms with Gasteiger partial charge in [0.2, 0.25) is 5.91 Å². The third kappa shape index (κ3) is 3.86. The van der Waals surface area contributed by atoms with Gasteiger partial charge in [0.05, 0.1) is 0 Å². The molecule has 120 valence electrons. The van der Waals surface area contributed by atoms with Gasteiger partial charge in [0, 0.05) is 45.2 Å². The van der Waals surface area contributed by atoms with E-state index in [0.29, 0.717) is 6.42 Å². The summed E-state index contributed by atoms with van der Waals surface area (Å²) in [4.78, 5) is 25.0. The van der Waals surface area contributed by atoms with Crippen LogP contribution in [-0.2, 0) is 11.2 Å². The summed E-state index contributed by atoms with van der Waals surface area (Å²) in [6, 6.07) is 12.2. The van der Waals surface area contributed by atoms with Crippen molar-refractivity contribution in [1.82, 2.24) is 14.9 Å². The van der Waals surface area contributed by atoms with Gasteiger partial charge in [0.25, 0.3) is 0 Å². The average molecular weight is 310 g/mol. The van der Waals surface area contributed by atoms with Gasteiger partial charge < -0.3 is 9.80 Å². The number of amides is 1. The fourth-order valence-electron chi connectivity index (χ4n) is 2.84. The maximum absolute atomic E-state index is 11.7. The first-order valence-electron chi connectivity index (χ1n) is 8.15. The van der Waals surface area contributed by atoms with Crippen molar-refractivity contribution >= 4 is 11.7 Å². The molecule has 0 bridgehead atoms. The zero-order valence-electron chi connectivity index (χ0n) is 13.5. The summed E-state index contributed by atoms with van der Waals surface area (Å²) < 4.78 is 0. The zero-order chi connectivity index (χ0) is 16.1. The maximum atomic E-state index is 11.7. The largest absolute Gasteiger partial charge is 0.353 e. The molecule has 1 aromatic carbocycles. The van der Waals surface area contributed by atoms with Crippen LogP contribution in [0, 0.1) is 0 Å². The number of anilines is 1. The Balaban J connectivity index is 1.65. The summed E-state index contributed by atoms with van der Waals surface area (Å²) in [6.45, 7) is 5.10. The predicted molar refractivity (Wildman–Crippen MR) is 90.4 cm³/mol. The van der Waals surface area contributed by atoms with Gasteiger partial charge >= 0.3 is 0 Å². The lowest BCUT2D eigenvalue weighted by Crippen LogP contribution is -2.48. The number of carbonyl (C=O) groups excluding carboxylic acids is 1. The van der Waals surface area contributed by atoms with Gasteiger partial charge in [-0.05, 0) is 11.6 Å². The number of piperazine rings is 1. The first-order chi connectivity index (χ1) is 11.3. The highest BCUT2D eigenvalue weighted by Gasteiger charge is 2.20. The molecule has 1 aromatic heterocycles. The van der Waals surface area contributed by atoms with Crippen LogP contribution in [0.15, 0.2) is 42.6 Å². The summed E-state index contributed by atoms with van der Waals surface area (Å²) in [5.41, 5.74) is 1.21.